The average Bonchev–Trinajstić information content (AvgIpc) is 2.70. The van der Waals surface area contributed by atoms with E-state index in [1.54, 1.807) is 6.08 Å². The highest BCUT2D eigenvalue weighted by Gasteiger charge is 2.19. The van der Waals surface area contributed by atoms with Gasteiger partial charge in [-0.3, -0.25) is 0 Å². The summed E-state index contributed by atoms with van der Waals surface area (Å²) >= 11 is 5.27. The van der Waals surface area contributed by atoms with Gasteiger partial charge >= 0.3 is 0 Å². The molecule has 1 saturated heterocycles. The predicted molar refractivity (Wildman–Crippen MR) is 50.6 cm³/mol. The third kappa shape index (κ3) is 17.8. The van der Waals surface area contributed by atoms with Crippen LogP contribution >= 0.6 is 24.0 Å². The van der Waals surface area contributed by atoms with Crippen molar-refractivity contribution in [2.24, 2.45) is 5.73 Å². The average molecular weight is 204 g/mol. The molecule has 0 aliphatic carbocycles. The molecule has 1 heterocycles. The zero-order valence-corrected chi connectivity index (χ0v) is 7.83. The molecule has 0 amide bonds. The van der Waals surface area contributed by atoms with Crippen molar-refractivity contribution in [3.05, 3.63) is 12.7 Å². The fourth-order valence-corrected chi connectivity index (χ4v) is 0.335. The summed E-state index contributed by atoms with van der Waals surface area (Å²) < 4.78 is 4.73. The Kier molecular flexibility index (Phi) is 20.2. The third-order valence-electron chi connectivity index (χ3n) is 0.741. The first-order valence-electron chi connectivity index (χ1n) is 2.83. The maximum Gasteiger partial charge on any atom is 0.0944 e. The molecule has 11 heavy (non-hydrogen) atoms. The zero-order valence-electron chi connectivity index (χ0n) is 6.25. The quantitative estimate of drug-likeness (QED) is 0.400. The molecule has 5 heteroatoms. The predicted octanol–water partition coefficient (Wildman–Crippen LogP) is 0.352. The molecule has 3 nitrogen and oxygen atoms in total. The van der Waals surface area contributed by atoms with E-state index in [-0.39, 0.29) is 17.9 Å². The van der Waals surface area contributed by atoms with Crippen LogP contribution in [0.15, 0.2) is 12.7 Å². The van der Waals surface area contributed by atoms with Gasteiger partial charge in [-0.1, -0.05) is 6.08 Å². The number of nitrogens with two attached hydrogens (primary N) is 1. The van der Waals surface area contributed by atoms with E-state index in [1.165, 1.54) is 0 Å². The molecular formula is C6H15Cl2NO2. The lowest BCUT2D eigenvalue weighted by Gasteiger charge is -1.67. The normalized spacial score (nSPS) is 17.8. The smallest absolute Gasteiger partial charge is 0.0944 e. The minimum atomic E-state index is 0. The Balaban J connectivity index is -0.000000101. The van der Waals surface area contributed by atoms with E-state index in [9.17, 15) is 0 Å². The van der Waals surface area contributed by atoms with Crippen LogP contribution in [0.4, 0.5) is 0 Å². The standard InChI is InChI=1S/C3H5ClO.C3H7N.ClH.H2O/c4-1-3-2-5-3;1-2-3-4;;/h3H,1-2H2;2H,1,3-4H2;1H;1H2. The lowest BCUT2D eigenvalue weighted by molar-refractivity contribution is 0.425. The highest BCUT2D eigenvalue weighted by molar-refractivity contribution is 6.18. The summed E-state index contributed by atoms with van der Waals surface area (Å²) in [6.07, 6.45) is 2.05. The molecule has 0 bridgehead atoms. The van der Waals surface area contributed by atoms with Crippen LogP contribution in [0.3, 0.4) is 0 Å². The molecule has 0 aromatic heterocycles. The lowest BCUT2D eigenvalue weighted by atomic mass is 10.6. The Morgan fingerprint density at radius 2 is 2.09 bits per heavy atom. The Hall–Kier alpha value is 0.200. The Bertz CT molecular complexity index is 79.0. The van der Waals surface area contributed by atoms with Crippen molar-refractivity contribution in [2.45, 2.75) is 6.10 Å². The first-order chi connectivity index (χ1) is 4.35. The van der Waals surface area contributed by atoms with Crippen molar-refractivity contribution in [1.29, 1.82) is 0 Å². The molecule has 0 spiro atoms. The second-order valence-corrected chi connectivity index (χ2v) is 1.94. The molecule has 1 rings (SSSR count). The summed E-state index contributed by atoms with van der Waals surface area (Å²) in [5.74, 6) is 0.667. The van der Waals surface area contributed by atoms with Crippen LogP contribution in [0, 0.1) is 0 Å². The zero-order chi connectivity index (χ0) is 7.11. The van der Waals surface area contributed by atoms with Crippen LogP contribution in [0.2, 0.25) is 0 Å². The summed E-state index contributed by atoms with van der Waals surface area (Å²) in [7, 11) is 0. The van der Waals surface area contributed by atoms with Gasteiger partial charge in [-0.05, 0) is 0 Å². The van der Waals surface area contributed by atoms with Crippen LogP contribution in [0.25, 0.3) is 0 Å². The number of epoxide rings is 1. The fraction of sp³-hybridized carbons (Fsp3) is 0.667. The van der Waals surface area contributed by atoms with Crippen molar-refractivity contribution in [3.8, 4) is 0 Å². The first-order valence-corrected chi connectivity index (χ1v) is 3.37. The molecule has 1 atom stereocenters. The number of hydrogen-bond donors (Lipinski definition) is 1. The van der Waals surface area contributed by atoms with Crippen LogP contribution < -0.4 is 5.73 Å². The summed E-state index contributed by atoms with van der Waals surface area (Å²) in [5.41, 5.74) is 4.91. The van der Waals surface area contributed by atoms with Gasteiger partial charge < -0.3 is 15.9 Å². The van der Waals surface area contributed by atoms with Crippen molar-refractivity contribution >= 4 is 24.0 Å². The van der Waals surface area contributed by atoms with E-state index >= 15 is 0 Å². The van der Waals surface area contributed by atoms with E-state index in [2.05, 4.69) is 6.58 Å². The SMILES string of the molecule is C=CCN.Cl.ClCC1CO1.O. The van der Waals surface area contributed by atoms with Crippen LogP contribution in [0.5, 0.6) is 0 Å². The second kappa shape index (κ2) is 12.8. The first kappa shape index (κ1) is 17.3. The highest BCUT2D eigenvalue weighted by atomic mass is 35.5. The van der Waals surface area contributed by atoms with Gasteiger partial charge in [0.05, 0.1) is 18.6 Å². The number of ether oxygens (including phenoxy) is 1. The van der Waals surface area contributed by atoms with Gasteiger partial charge in [0.25, 0.3) is 0 Å². The monoisotopic (exact) mass is 203 g/mol. The van der Waals surface area contributed by atoms with Crippen molar-refractivity contribution < 1.29 is 10.2 Å². The second-order valence-electron chi connectivity index (χ2n) is 1.63. The number of hydrogen-bond acceptors (Lipinski definition) is 2. The van der Waals surface area contributed by atoms with E-state index < -0.39 is 0 Å². The Morgan fingerprint density at radius 1 is 1.73 bits per heavy atom. The van der Waals surface area contributed by atoms with Gasteiger partial charge in [-0.25, -0.2) is 0 Å². The molecule has 1 aliphatic heterocycles. The molecule has 4 N–H and O–H groups in total. The van der Waals surface area contributed by atoms with Crippen LogP contribution in [-0.2, 0) is 4.74 Å². The van der Waals surface area contributed by atoms with Gasteiger partial charge in [0.15, 0.2) is 0 Å². The summed E-state index contributed by atoms with van der Waals surface area (Å²) in [6.45, 7) is 4.82. The number of halogens is 2. The van der Waals surface area contributed by atoms with E-state index in [0.29, 0.717) is 18.5 Å². The lowest BCUT2D eigenvalue weighted by Crippen LogP contribution is -1.90. The van der Waals surface area contributed by atoms with Gasteiger partial charge in [-0.15, -0.1) is 30.6 Å². The molecule has 0 radical (unpaired) electrons. The Labute approximate surface area is 78.3 Å². The van der Waals surface area contributed by atoms with Gasteiger partial charge in [0, 0.05) is 6.54 Å². The molecule has 1 fully saturated rings. The van der Waals surface area contributed by atoms with Crippen molar-refractivity contribution in [3.63, 3.8) is 0 Å². The fourth-order valence-electron chi connectivity index (χ4n) is 0.157. The van der Waals surface area contributed by atoms with Crippen molar-refractivity contribution in [2.75, 3.05) is 19.0 Å². The van der Waals surface area contributed by atoms with Gasteiger partial charge in [0.2, 0.25) is 0 Å². The molecule has 1 aliphatic rings. The largest absolute Gasteiger partial charge is 0.412 e. The molecule has 0 aromatic carbocycles. The maximum atomic E-state index is 5.27. The molecule has 0 saturated carbocycles. The molecule has 0 aromatic rings. The van der Waals surface area contributed by atoms with Crippen LogP contribution in [0.1, 0.15) is 0 Å². The van der Waals surface area contributed by atoms with E-state index in [0.717, 1.165) is 6.61 Å². The minimum absolute atomic E-state index is 0. The summed E-state index contributed by atoms with van der Waals surface area (Å²) in [6, 6.07) is 0. The van der Waals surface area contributed by atoms with E-state index in [1.807, 2.05) is 0 Å². The van der Waals surface area contributed by atoms with Gasteiger partial charge in [0.1, 0.15) is 0 Å². The van der Waals surface area contributed by atoms with Gasteiger partial charge in [-0.2, -0.15) is 0 Å². The summed E-state index contributed by atoms with van der Waals surface area (Å²) in [5, 5.41) is 0. The van der Waals surface area contributed by atoms with Crippen molar-refractivity contribution in [1.82, 2.24) is 0 Å². The van der Waals surface area contributed by atoms with Crippen LogP contribution in [-0.4, -0.2) is 30.6 Å². The molecule has 70 valence electrons. The highest BCUT2D eigenvalue weighted by Crippen LogP contribution is 2.08. The molecule has 1 unspecified atom stereocenters. The number of alkyl halides is 1. The minimum Gasteiger partial charge on any atom is -0.412 e. The number of rotatable bonds is 2. The summed E-state index contributed by atoms with van der Waals surface area (Å²) in [4.78, 5) is 0. The van der Waals surface area contributed by atoms with E-state index in [4.69, 9.17) is 22.1 Å². The maximum absolute atomic E-state index is 5.27. The molecular weight excluding hydrogens is 189 g/mol. The topological polar surface area (TPSA) is 70.0 Å². The Morgan fingerprint density at radius 3 is 2.09 bits per heavy atom. The third-order valence-corrected chi connectivity index (χ3v) is 1.09.